The van der Waals surface area contributed by atoms with Gasteiger partial charge in [0, 0.05) is 42.8 Å². The highest BCUT2D eigenvalue weighted by Gasteiger charge is 2.24. The Morgan fingerprint density at radius 3 is 2.56 bits per heavy atom. The van der Waals surface area contributed by atoms with E-state index in [1.54, 1.807) is 14.2 Å². The zero-order valence-corrected chi connectivity index (χ0v) is 16.7. The maximum atomic E-state index is 6.50. The molecule has 1 aliphatic heterocycles. The molecule has 5 nitrogen and oxygen atoms in total. The quantitative estimate of drug-likeness (QED) is 0.747. The van der Waals surface area contributed by atoms with Crippen LogP contribution in [0.2, 0.25) is 5.02 Å². The maximum Gasteiger partial charge on any atom is 0.165 e. The molecule has 0 aromatic heterocycles. The van der Waals surface area contributed by atoms with Crippen molar-refractivity contribution in [2.24, 2.45) is 0 Å². The van der Waals surface area contributed by atoms with Gasteiger partial charge in [0.25, 0.3) is 0 Å². The second kappa shape index (κ2) is 9.95. The molecule has 1 saturated heterocycles. The SMILES string of the molecule is COc1cccc(CNCC(c2ccccc2Cl)N2CCOCC2)c1OC. The topological polar surface area (TPSA) is 43.0 Å². The van der Waals surface area contributed by atoms with Crippen molar-refractivity contribution in [3.05, 3.63) is 58.6 Å². The highest BCUT2D eigenvalue weighted by Crippen LogP contribution is 2.31. The Kier molecular flexibility index (Phi) is 7.35. The molecule has 1 fully saturated rings. The number of methoxy groups -OCH3 is 2. The van der Waals surface area contributed by atoms with Crippen LogP contribution in [0.5, 0.6) is 11.5 Å². The van der Waals surface area contributed by atoms with E-state index in [2.05, 4.69) is 16.3 Å². The molecule has 2 aromatic carbocycles. The first-order chi connectivity index (χ1) is 13.2. The number of ether oxygens (including phenoxy) is 3. The number of hydrogen-bond donors (Lipinski definition) is 1. The van der Waals surface area contributed by atoms with Crippen LogP contribution in [0.1, 0.15) is 17.2 Å². The summed E-state index contributed by atoms with van der Waals surface area (Å²) in [5.41, 5.74) is 2.21. The number of morpholine rings is 1. The van der Waals surface area contributed by atoms with E-state index in [1.165, 1.54) is 0 Å². The molecule has 0 radical (unpaired) electrons. The van der Waals surface area contributed by atoms with Gasteiger partial charge in [0.2, 0.25) is 0 Å². The lowest BCUT2D eigenvalue weighted by Gasteiger charge is -2.35. The minimum absolute atomic E-state index is 0.194. The molecule has 6 heteroatoms. The number of halogens is 1. The summed E-state index contributed by atoms with van der Waals surface area (Å²) in [6, 6.07) is 14.2. The highest BCUT2D eigenvalue weighted by molar-refractivity contribution is 6.31. The number of benzene rings is 2. The minimum atomic E-state index is 0.194. The van der Waals surface area contributed by atoms with Crippen molar-refractivity contribution in [3.8, 4) is 11.5 Å². The van der Waals surface area contributed by atoms with Gasteiger partial charge in [-0.2, -0.15) is 0 Å². The summed E-state index contributed by atoms with van der Waals surface area (Å²) >= 11 is 6.50. The zero-order valence-electron chi connectivity index (χ0n) is 15.9. The van der Waals surface area contributed by atoms with E-state index in [9.17, 15) is 0 Å². The lowest BCUT2D eigenvalue weighted by molar-refractivity contribution is 0.0161. The molecule has 1 aliphatic rings. The summed E-state index contributed by atoms with van der Waals surface area (Å²) < 4.78 is 16.4. The third-order valence-electron chi connectivity index (χ3n) is 4.89. The van der Waals surface area contributed by atoms with Gasteiger partial charge in [0.15, 0.2) is 11.5 Å². The maximum absolute atomic E-state index is 6.50. The smallest absolute Gasteiger partial charge is 0.165 e. The van der Waals surface area contributed by atoms with Crippen LogP contribution in [0.25, 0.3) is 0 Å². The molecule has 0 amide bonds. The lowest BCUT2D eigenvalue weighted by atomic mass is 10.0. The highest BCUT2D eigenvalue weighted by atomic mass is 35.5. The first kappa shape index (κ1) is 20.0. The Bertz CT molecular complexity index is 735. The summed E-state index contributed by atoms with van der Waals surface area (Å²) in [6.07, 6.45) is 0. The van der Waals surface area contributed by atoms with Crippen LogP contribution in [-0.4, -0.2) is 52.0 Å². The van der Waals surface area contributed by atoms with Crippen LogP contribution >= 0.6 is 11.6 Å². The predicted octanol–water partition coefficient (Wildman–Crippen LogP) is 3.52. The molecular weight excluding hydrogens is 364 g/mol. The molecule has 1 heterocycles. The van der Waals surface area contributed by atoms with Gasteiger partial charge >= 0.3 is 0 Å². The van der Waals surface area contributed by atoms with E-state index in [4.69, 9.17) is 25.8 Å². The van der Waals surface area contributed by atoms with Gasteiger partial charge in [-0.3, -0.25) is 4.90 Å². The largest absolute Gasteiger partial charge is 0.493 e. The molecule has 2 aromatic rings. The summed E-state index contributed by atoms with van der Waals surface area (Å²) in [7, 11) is 3.32. The molecule has 27 heavy (non-hydrogen) atoms. The number of nitrogens with one attached hydrogen (secondary N) is 1. The van der Waals surface area contributed by atoms with Crippen molar-refractivity contribution < 1.29 is 14.2 Å². The van der Waals surface area contributed by atoms with E-state index in [1.807, 2.05) is 36.4 Å². The average Bonchev–Trinajstić information content (AvgIpc) is 2.72. The second-order valence-electron chi connectivity index (χ2n) is 6.47. The van der Waals surface area contributed by atoms with Gasteiger partial charge in [-0.05, 0) is 17.7 Å². The zero-order chi connectivity index (χ0) is 19.1. The molecule has 1 N–H and O–H groups in total. The fraction of sp³-hybridized carbons (Fsp3) is 0.429. The summed E-state index contributed by atoms with van der Waals surface area (Å²) in [5.74, 6) is 1.51. The van der Waals surface area contributed by atoms with Crippen molar-refractivity contribution in [2.75, 3.05) is 47.1 Å². The van der Waals surface area contributed by atoms with E-state index in [0.717, 1.165) is 60.5 Å². The van der Waals surface area contributed by atoms with Crippen molar-refractivity contribution in [1.82, 2.24) is 10.2 Å². The fourth-order valence-electron chi connectivity index (χ4n) is 3.51. The number of para-hydroxylation sites is 1. The third-order valence-corrected chi connectivity index (χ3v) is 5.23. The average molecular weight is 391 g/mol. The summed E-state index contributed by atoms with van der Waals surface area (Å²) in [5, 5.41) is 4.37. The van der Waals surface area contributed by atoms with Gasteiger partial charge in [-0.1, -0.05) is 41.9 Å². The number of hydrogen-bond acceptors (Lipinski definition) is 5. The second-order valence-corrected chi connectivity index (χ2v) is 6.88. The molecule has 1 atom stereocenters. The standard InChI is InChI=1S/C21H27ClN2O3/c1-25-20-9-5-6-16(21(20)26-2)14-23-15-19(24-10-12-27-13-11-24)17-7-3-4-8-18(17)22/h3-9,19,23H,10-15H2,1-2H3. The molecule has 0 saturated carbocycles. The van der Waals surface area contributed by atoms with Gasteiger partial charge in [0.1, 0.15) is 0 Å². The number of nitrogens with zero attached hydrogens (tertiary/aromatic N) is 1. The fourth-order valence-corrected chi connectivity index (χ4v) is 3.77. The van der Waals surface area contributed by atoms with Gasteiger partial charge in [-0.15, -0.1) is 0 Å². The number of rotatable bonds is 8. The lowest BCUT2D eigenvalue weighted by Crippen LogP contribution is -2.42. The van der Waals surface area contributed by atoms with Gasteiger partial charge in [0.05, 0.1) is 27.4 Å². The summed E-state index contributed by atoms with van der Waals surface area (Å²) in [6.45, 7) is 4.78. The van der Waals surface area contributed by atoms with Crippen LogP contribution in [0, 0.1) is 0 Å². The molecule has 0 aliphatic carbocycles. The van der Waals surface area contributed by atoms with Crippen molar-refractivity contribution in [3.63, 3.8) is 0 Å². The van der Waals surface area contributed by atoms with E-state index in [0.29, 0.717) is 6.54 Å². The Hall–Kier alpha value is -1.79. The van der Waals surface area contributed by atoms with Crippen LogP contribution in [0.15, 0.2) is 42.5 Å². The monoisotopic (exact) mass is 390 g/mol. The molecule has 146 valence electrons. The first-order valence-corrected chi connectivity index (χ1v) is 9.59. The Labute approximate surface area is 166 Å². The van der Waals surface area contributed by atoms with Gasteiger partial charge in [-0.25, -0.2) is 0 Å². The van der Waals surface area contributed by atoms with Crippen LogP contribution in [0.3, 0.4) is 0 Å². The predicted molar refractivity (Wildman–Crippen MR) is 108 cm³/mol. The van der Waals surface area contributed by atoms with Crippen LogP contribution in [0.4, 0.5) is 0 Å². The Balaban J connectivity index is 1.73. The molecule has 1 unspecified atom stereocenters. The molecular formula is C21H27ClN2O3. The van der Waals surface area contributed by atoms with Crippen molar-refractivity contribution >= 4 is 11.6 Å². The Morgan fingerprint density at radius 1 is 1.07 bits per heavy atom. The normalized spacial score (nSPS) is 16.1. The first-order valence-electron chi connectivity index (χ1n) is 9.21. The van der Waals surface area contributed by atoms with E-state index < -0.39 is 0 Å². The van der Waals surface area contributed by atoms with Crippen LogP contribution < -0.4 is 14.8 Å². The van der Waals surface area contributed by atoms with Crippen molar-refractivity contribution in [2.45, 2.75) is 12.6 Å². The summed E-state index contributed by atoms with van der Waals surface area (Å²) in [4.78, 5) is 2.43. The molecule has 3 rings (SSSR count). The Morgan fingerprint density at radius 2 is 1.85 bits per heavy atom. The minimum Gasteiger partial charge on any atom is -0.493 e. The van der Waals surface area contributed by atoms with Gasteiger partial charge < -0.3 is 19.5 Å². The van der Waals surface area contributed by atoms with Crippen molar-refractivity contribution in [1.29, 1.82) is 0 Å². The third kappa shape index (κ3) is 4.93. The molecule has 0 spiro atoms. The van der Waals surface area contributed by atoms with E-state index in [-0.39, 0.29) is 6.04 Å². The molecule has 0 bridgehead atoms. The van der Waals surface area contributed by atoms with Crippen LogP contribution in [-0.2, 0) is 11.3 Å². The van der Waals surface area contributed by atoms with E-state index >= 15 is 0 Å².